The zero-order chi connectivity index (χ0) is 14.5. The maximum atomic E-state index is 11.0. The van der Waals surface area contributed by atoms with Crippen molar-refractivity contribution in [3.8, 4) is 0 Å². The number of benzene rings is 1. The van der Waals surface area contributed by atoms with E-state index >= 15 is 0 Å². The highest BCUT2D eigenvalue weighted by Crippen LogP contribution is 2.25. The number of tetrazole rings is 1. The van der Waals surface area contributed by atoms with Gasteiger partial charge in [-0.05, 0) is 22.4 Å². The Balaban J connectivity index is 2.28. The number of carboxylic acid groups (broad SMARTS) is 1. The van der Waals surface area contributed by atoms with Crippen molar-refractivity contribution >= 4 is 5.97 Å². The zero-order valence-electron chi connectivity index (χ0n) is 11.6. The van der Waals surface area contributed by atoms with Crippen LogP contribution < -0.4 is 0 Å². The Morgan fingerprint density at radius 1 is 1.35 bits per heavy atom. The van der Waals surface area contributed by atoms with Crippen molar-refractivity contribution in [1.29, 1.82) is 0 Å². The lowest BCUT2D eigenvalue weighted by Crippen LogP contribution is -2.20. The van der Waals surface area contributed by atoms with E-state index in [0.717, 1.165) is 12.0 Å². The Morgan fingerprint density at radius 2 is 2.05 bits per heavy atom. The lowest BCUT2D eigenvalue weighted by Gasteiger charge is -2.15. The predicted molar refractivity (Wildman–Crippen MR) is 73.2 cm³/mol. The van der Waals surface area contributed by atoms with Crippen molar-refractivity contribution in [2.45, 2.75) is 32.7 Å². The van der Waals surface area contributed by atoms with Gasteiger partial charge in [-0.15, -0.1) is 5.10 Å². The second kappa shape index (κ2) is 6.27. The number of hydrogen-bond acceptors (Lipinski definition) is 4. The summed E-state index contributed by atoms with van der Waals surface area (Å²) in [5, 5.41) is 20.7. The fourth-order valence-corrected chi connectivity index (χ4v) is 2.18. The van der Waals surface area contributed by atoms with Crippen molar-refractivity contribution in [3.05, 3.63) is 41.7 Å². The van der Waals surface area contributed by atoms with Crippen LogP contribution in [0.25, 0.3) is 0 Å². The molecule has 0 spiro atoms. The van der Waals surface area contributed by atoms with Crippen LogP contribution in [-0.4, -0.2) is 31.3 Å². The average Bonchev–Trinajstić information content (AvgIpc) is 2.89. The van der Waals surface area contributed by atoms with Crippen molar-refractivity contribution < 1.29 is 9.90 Å². The molecule has 6 nitrogen and oxygen atoms in total. The third-order valence-corrected chi connectivity index (χ3v) is 3.35. The maximum absolute atomic E-state index is 11.0. The van der Waals surface area contributed by atoms with E-state index in [1.165, 1.54) is 0 Å². The van der Waals surface area contributed by atoms with Crippen LogP contribution in [0, 0.1) is 5.92 Å². The van der Waals surface area contributed by atoms with Crippen LogP contribution in [0.5, 0.6) is 0 Å². The van der Waals surface area contributed by atoms with Crippen molar-refractivity contribution in [3.63, 3.8) is 0 Å². The summed E-state index contributed by atoms with van der Waals surface area (Å²) in [6.07, 6.45) is 0.853. The summed E-state index contributed by atoms with van der Waals surface area (Å²) in [7, 11) is 0. The van der Waals surface area contributed by atoms with Crippen LogP contribution in [-0.2, 0) is 11.3 Å². The third-order valence-electron chi connectivity index (χ3n) is 3.35. The number of hydrogen-bond donors (Lipinski definition) is 1. The van der Waals surface area contributed by atoms with Crippen molar-refractivity contribution in [2.24, 2.45) is 5.92 Å². The number of carboxylic acids is 1. The molecule has 0 saturated heterocycles. The number of rotatable bonds is 6. The molecule has 0 radical (unpaired) electrons. The minimum absolute atomic E-state index is 0.0761. The van der Waals surface area contributed by atoms with Gasteiger partial charge < -0.3 is 5.11 Å². The molecule has 1 N–H and O–H groups in total. The van der Waals surface area contributed by atoms with Crippen LogP contribution in [0.3, 0.4) is 0 Å². The largest absolute Gasteiger partial charge is 0.481 e. The molecule has 0 saturated carbocycles. The second-order valence-corrected chi connectivity index (χ2v) is 4.83. The first-order valence-corrected chi connectivity index (χ1v) is 6.67. The number of carbonyl (C=O) groups is 1. The molecule has 2 rings (SSSR count). The zero-order valence-corrected chi connectivity index (χ0v) is 11.6. The first kappa shape index (κ1) is 14.2. The van der Waals surface area contributed by atoms with E-state index < -0.39 is 11.9 Å². The van der Waals surface area contributed by atoms with Gasteiger partial charge in [-0.2, -0.15) is 0 Å². The highest BCUT2D eigenvalue weighted by molar-refractivity contribution is 5.69. The average molecular weight is 274 g/mol. The molecule has 0 aliphatic heterocycles. The van der Waals surface area contributed by atoms with Crippen molar-refractivity contribution in [1.82, 2.24) is 20.2 Å². The number of aliphatic carboxylic acids is 1. The fraction of sp³-hybridized carbons (Fsp3) is 0.429. The minimum Gasteiger partial charge on any atom is -0.481 e. The summed E-state index contributed by atoms with van der Waals surface area (Å²) in [6, 6.07) is 9.99. The Kier molecular flexibility index (Phi) is 4.45. The van der Waals surface area contributed by atoms with Gasteiger partial charge in [-0.25, -0.2) is 4.68 Å². The standard InChI is InChI=1S/C14H18N4O2/c1-3-12(11-7-5-4-6-8-11)13-15-16-17-18(13)9-10(2)14(19)20/h4-8,10,12H,3,9H2,1-2H3,(H,19,20). The molecule has 20 heavy (non-hydrogen) atoms. The SMILES string of the molecule is CCC(c1ccccc1)c1nnnn1CC(C)C(=O)O. The molecular weight excluding hydrogens is 256 g/mol. The molecule has 0 aliphatic rings. The molecule has 2 atom stereocenters. The van der Waals surface area contributed by atoms with Gasteiger partial charge in [0.1, 0.15) is 0 Å². The number of aromatic nitrogens is 4. The first-order valence-electron chi connectivity index (χ1n) is 6.67. The molecule has 2 unspecified atom stereocenters. The molecule has 0 aliphatic carbocycles. The summed E-state index contributed by atoms with van der Waals surface area (Å²) < 4.78 is 1.60. The topological polar surface area (TPSA) is 80.9 Å². The van der Waals surface area contributed by atoms with Crippen molar-refractivity contribution in [2.75, 3.05) is 0 Å². The van der Waals surface area contributed by atoms with E-state index in [-0.39, 0.29) is 12.5 Å². The predicted octanol–water partition coefficient (Wildman–Crippen LogP) is 1.94. The Labute approximate surface area is 117 Å². The Hall–Kier alpha value is -2.24. The van der Waals surface area contributed by atoms with E-state index in [9.17, 15) is 4.79 Å². The summed E-state index contributed by atoms with van der Waals surface area (Å²) in [4.78, 5) is 11.0. The summed E-state index contributed by atoms with van der Waals surface area (Å²) in [5.41, 5.74) is 1.13. The van der Waals surface area contributed by atoms with Gasteiger partial charge in [0.25, 0.3) is 0 Å². The van der Waals surface area contributed by atoms with Gasteiger partial charge in [0.2, 0.25) is 0 Å². The normalized spacial score (nSPS) is 13.9. The molecule has 0 bridgehead atoms. The smallest absolute Gasteiger partial charge is 0.308 e. The molecule has 0 amide bonds. The van der Waals surface area contributed by atoms with Gasteiger partial charge in [0.05, 0.1) is 12.5 Å². The monoisotopic (exact) mass is 274 g/mol. The maximum Gasteiger partial charge on any atom is 0.308 e. The minimum atomic E-state index is -0.848. The van der Waals surface area contributed by atoms with Crippen LogP contribution in [0.4, 0.5) is 0 Å². The number of nitrogens with zero attached hydrogens (tertiary/aromatic N) is 4. The van der Waals surface area contributed by atoms with Gasteiger partial charge in [0.15, 0.2) is 5.82 Å². The highest BCUT2D eigenvalue weighted by atomic mass is 16.4. The van der Waals surface area contributed by atoms with E-state index in [1.54, 1.807) is 11.6 Å². The van der Waals surface area contributed by atoms with Gasteiger partial charge in [-0.1, -0.05) is 44.2 Å². The molecule has 106 valence electrons. The molecule has 6 heteroatoms. The Morgan fingerprint density at radius 3 is 2.65 bits per heavy atom. The quantitative estimate of drug-likeness (QED) is 0.870. The van der Waals surface area contributed by atoms with Crippen LogP contribution in [0.2, 0.25) is 0 Å². The lowest BCUT2D eigenvalue weighted by molar-refractivity contribution is -0.141. The molecule has 2 aromatic rings. The molecular formula is C14H18N4O2. The van der Waals surface area contributed by atoms with E-state index in [1.807, 2.05) is 30.3 Å². The second-order valence-electron chi connectivity index (χ2n) is 4.83. The molecule has 1 heterocycles. The third kappa shape index (κ3) is 3.01. The fourth-order valence-electron chi connectivity index (χ4n) is 2.18. The van der Waals surface area contributed by atoms with Crippen LogP contribution in [0.15, 0.2) is 30.3 Å². The highest BCUT2D eigenvalue weighted by Gasteiger charge is 2.22. The van der Waals surface area contributed by atoms with E-state index in [0.29, 0.717) is 5.82 Å². The van der Waals surface area contributed by atoms with E-state index in [4.69, 9.17) is 5.11 Å². The summed E-state index contributed by atoms with van der Waals surface area (Å²) in [6.45, 7) is 4.00. The van der Waals surface area contributed by atoms with Crippen LogP contribution >= 0.6 is 0 Å². The molecule has 1 aromatic heterocycles. The van der Waals surface area contributed by atoms with Gasteiger partial charge in [-0.3, -0.25) is 4.79 Å². The van der Waals surface area contributed by atoms with E-state index in [2.05, 4.69) is 22.4 Å². The summed E-state index contributed by atoms with van der Waals surface area (Å²) >= 11 is 0. The lowest BCUT2D eigenvalue weighted by atomic mass is 9.95. The molecule has 0 fully saturated rings. The van der Waals surface area contributed by atoms with Crippen LogP contribution in [0.1, 0.15) is 37.6 Å². The first-order chi connectivity index (χ1) is 9.63. The molecule has 1 aromatic carbocycles. The summed E-state index contributed by atoms with van der Waals surface area (Å²) in [5.74, 6) is -0.580. The van der Waals surface area contributed by atoms with Gasteiger partial charge in [0, 0.05) is 5.92 Å². The Bertz CT molecular complexity index is 568. The van der Waals surface area contributed by atoms with Gasteiger partial charge >= 0.3 is 5.97 Å².